The second kappa shape index (κ2) is 12.2. The van der Waals surface area contributed by atoms with Crippen LogP contribution >= 0.6 is 0 Å². The monoisotopic (exact) mass is 541 g/mol. The highest BCUT2D eigenvalue weighted by Gasteiger charge is 2.35. The average molecular weight is 542 g/mol. The van der Waals surface area contributed by atoms with E-state index in [0.29, 0.717) is 56.6 Å². The standard InChI is InChI=1S/C33H39N3O4/c1-25(26-11-5-2-6-12-26)21-30(37)34-19-15-33(40,16-20-34)24-36-23-29(32(39)35-17-9-4-10-18-35)28(22-31(36)38)27-13-7-3-8-14-27/h2-3,5-8,11-14,22-23,25,40H,4,9-10,15-21,24H2,1H3. The molecular formula is C33H39N3O4. The van der Waals surface area contributed by atoms with E-state index in [1.165, 1.54) is 10.6 Å². The van der Waals surface area contributed by atoms with Gasteiger partial charge in [0.1, 0.15) is 0 Å². The molecule has 0 bridgehead atoms. The molecule has 2 aromatic carbocycles. The van der Waals surface area contributed by atoms with Gasteiger partial charge in [0.25, 0.3) is 11.5 Å². The highest BCUT2D eigenvalue weighted by atomic mass is 16.3. The maximum atomic E-state index is 13.6. The van der Waals surface area contributed by atoms with Gasteiger partial charge in [0.05, 0.1) is 17.7 Å². The van der Waals surface area contributed by atoms with Gasteiger partial charge in [0.2, 0.25) is 5.91 Å². The Morgan fingerprint density at radius 2 is 1.50 bits per heavy atom. The Morgan fingerprint density at radius 3 is 2.15 bits per heavy atom. The minimum absolute atomic E-state index is 0.0766. The molecule has 2 saturated heterocycles. The van der Waals surface area contributed by atoms with Crippen LogP contribution in [0.25, 0.3) is 11.1 Å². The van der Waals surface area contributed by atoms with Crippen LogP contribution in [0.4, 0.5) is 0 Å². The van der Waals surface area contributed by atoms with Gasteiger partial charge in [0, 0.05) is 50.4 Å². The zero-order valence-electron chi connectivity index (χ0n) is 23.3. The number of hydrogen-bond acceptors (Lipinski definition) is 4. The van der Waals surface area contributed by atoms with Crippen LogP contribution in [0.3, 0.4) is 0 Å². The number of piperidine rings is 2. The molecule has 3 heterocycles. The molecule has 0 radical (unpaired) electrons. The van der Waals surface area contributed by atoms with E-state index in [1.54, 1.807) is 6.20 Å². The number of aromatic nitrogens is 1. The summed E-state index contributed by atoms with van der Waals surface area (Å²) in [6.45, 7) is 4.44. The number of benzene rings is 2. The van der Waals surface area contributed by atoms with Gasteiger partial charge in [-0.1, -0.05) is 67.6 Å². The van der Waals surface area contributed by atoms with E-state index in [2.05, 4.69) is 6.92 Å². The smallest absolute Gasteiger partial charge is 0.255 e. The minimum Gasteiger partial charge on any atom is -0.388 e. The van der Waals surface area contributed by atoms with E-state index < -0.39 is 5.60 Å². The van der Waals surface area contributed by atoms with Crippen LogP contribution in [0.1, 0.15) is 67.3 Å². The Kier molecular flexibility index (Phi) is 8.50. The topological polar surface area (TPSA) is 82.8 Å². The summed E-state index contributed by atoms with van der Waals surface area (Å²) in [6, 6.07) is 21.1. The first-order valence-corrected chi connectivity index (χ1v) is 14.5. The van der Waals surface area contributed by atoms with E-state index in [-0.39, 0.29) is 29.8 Å². The van der Waals surface area contributed by atoms with Crippen molar-refractivity contribution in [2.45, 2.75) is 63.5 Å². The average Bonchev–Trinajstić information content (AvgIpc) is 2.99. The van der Waals surface area contributed by atoms with Gasteiger partial charge in [-0.15, -0.1) is 0 Å². The van der Waals surface area contributed by atoms with Crippen molar-refractivity contribution in [1.29, 1.82) is 0 Å². The summed E-state index contributed by atoms with van der Waals surface area (Å²) < 4.78 is 1.48. The summed E-state index contributed by atoms with van der Waals surface area (Å²) in [5.41, 5.74) is 1.68. The molecule has 5 rings (SSSR count). The van der Waals surface area contributed by atoms with Crippen molar-refractivity contribution in [3.8, 4) is 11.1 Å². The van der Waals surface area contributed by atoms with Crippen molar-refractivity contribution in [2.75, 3.05) is 26.2 Å². The van der Waals surface area contributed by atoms with Crippen LogP contribution in [-0.4, -0.2) is 63.1 Å². The predicted octanol–water partition coefficient (Wildman–Crippen LogP) is 4.69. The highest BCUT2D eigenvalue weighted by molar-refractivity contribution is 6.00. The molecule has 2 aliphatic rings. The van der Waals surface area contributed by atoms with Crippen LogP contribution in [-0.2, 0) is 11.3 Å². The zero-order valence-corrected chi connectivity index (χ0v) is 23.3. The Hall–Kier alpha value is -3.71. The Morgan fingerprint density at radius 1 is 0.875 bits per heavy atom. The fourth-order valence-electron chi connectivity index (χ4n) is 5.93. The number of carbonyl (C=O) groups excluding carboxylic acids is 2. The van der Waals surface area contributed by atoms with Crippen molar-refractivity contribution in [1.82, 2.24) is 14.4 Å². The maximum absolute atomic E-state index is 13.6. The first-order chi connectivity index (χ1) is 19.3. The summed E-state index contributed by atoms with van der Waals surface area (Å²) >= 11 is 0. The van der Waals surface area contributed by atoms with Gasteiger partial charge in [-0.3, -0.25) is 14.4 Å². The number of aliphatic hydroxyl groups is 1. The second-order valence-corrected chi connectivity index (χ2v) is 11.4. The Bertz CT molecular complexity index is 1370. The maximum Gasteiger partial charge on any atom is 0.255 e. The van der Waals surface area contributed by atoms with Crippen LogP contribution < -0.4 is 5.56 Å². The van der Waals surface area contributed by atoms with E-state index in [4.69, 9.17) is 0 Å². The first kappa shape index (κ1) is 27.8. The van der Waals surface area contributed by atoms with Crippen molar-refractivity contribution >= 4 is 11.8 Å². The molecule has 7 nitrogen and oxygen atoms in total. The lowest BCUT2D eigenvalue weighted by Gasteiger charge is -2.39. The number of pyridine rings is 1. The molecule has 2 fully saturated rings. The van der Waals surface area contributed by atoms with Crippen LogP contribution in [0.15, 0.2) is 77.7 Å². The lowest BCUT2D eigenvalue weighted by molar-refractivity contribution is -0.136. The quantitative estimate of drug-likeness (QED) is 0.471. The molecule has 210 valence electrons. The molecule has 40 heavy (non-hydrogen) atoms. The predicted molar refractivity (Wildman–Crippen MR) is 156 cm³/mol. The van der Waals surface area contributed by atoms with Gasteiger partial charge >= 0.3 is 0 Å². The molecule has 0 saturated carbocycles. The first-order valence-electron chi connectivity index (χ1n) is 14.5. The Labute approximate surface area is 236 Å². The van der Waals surface area contributed by atoms with Gasteiger partial charge in [-0.25, -0.2) is 0 Å². The van der Waals surface area contributed by atoms with Crippen molar-refractivity contribution < 1.29 is 14.7 Å². The largest absolute Gasteiger partial charge is 0.388 e. The normalized spacial score (nSPS) is 17.9. The van der Waals surface area contributed by atoms with Crippen molar-refractivity contribution in [3.05, 3.63) is 94.4 Å². The fraction of sp³-hybridized carbons (Fsp3) is 0.424. The summed E-state index contributed by atoms with van der Waals surface area (Å²) in [7, 11) is 0. The molecular weight excluding hydrogens is 502 g/mol. The summed E-state index contributed by atoms with van der Waals surface area (Å²) in [5, 5.41) is 11.5. The molecule has 1 atom stereocenters. The van der Waals surface area contributed by atoms with Crippen molar-refractivity contribution in [3.63, 3.8) is 0 Å². The molecule has 7 heteroatoms. The molecule has 0 aliphatic carbocycles. The van der Waals surface area contributed by atoms with Crippen LogP contribution in [0, 0.1) is 0 Å². The van der Waals surface area contributed by atoms with Gasteiger partial charge in [0.15, 0.2) is 0 Å². The summed E-state index contributed by atoms with van der Waals surface area (Å²) in [4.78, 5) is 43.6. The van der Waals surface area contributed by atoms with Gasteiger partial charge in [-0.2, -0.15) is 0 Å². The highest BCUT2D eigenvalue weighted by Crippen LogP contribution is 2.28. The lowest BCUT2D eigenvalue weighted by Crippen LogP contribution is -2.49. The molecule has 1 unspecified atom stereocenters. The molecule has 1 N–H and O–H groups in total. The van der Waals surface area contributed by atoms with E-state index in [1.807, 2.05) is 70.5 Å². The third-order valence-corrected chi connectivity index (χ3v) is 8.45. The lowest BCUT2D eigenvalue weighted by atomic mass is 9.90. The second-order valence-electron chi connectivity index (χ2n) is 11.4. The molecule has 3 aromatic rings. The SMILES string of the molecule is CC(CC(=O)N1CCC(O)(Cn2cc(C(=O)N3CCCCC3)c(-c3ccccc3)cc2=O)CC1)c1ccccc1. The number of rotatable bonds is 7. The summed E-state index contributed by atoms with van der Waals surface area (Å²) in [5.74, 6) is 0.122. The third kappa shape index (κ3) is 6.36. The van der Waals surface area contributed by atoms with E-state index in [9.17, 15) is 19.5 Å². The molecule has 2 aliphatic heterocycles. The minimum atomic E-state index is -1.13. The number of hydrogen-bond donors (Lipinski definition) is 1. The zero-order chi connectivity index (χ0) is 28.1. The number of likely N-dealkylation sites (tertiary alicyclic amines) is 2. The third-order valence-electron chi connectivity index (χ3n) is 8.45. The number of carbonyl (C=O) groups is 2. The fourth-order valence-corrected chi connectivity index (χ4v) is 5.93. The number of nitrogens with zero attached hydrogens (tertiary/aromatic N) is 3. The Balaban J connectivity index is 1.31. The van der Waals surface area contributed by atoms with Gasteiger partial charge in [-0.05, 0) is 49.1 Å². The van der Waals surface area contributed by atoms with E-state index >= 15 is 0 Å². The van der Waals surface area contributed by atoms with E-state index in [0.717, 1.165) is 30.4 Å². The molecule has 2 amide bonds. The summed E-state index contributed by atoms with van der Waals surface area (Å²) in [6.07, 6.45) is 5.88. The van der Waals surface area contributed by atoms with Crippen molar-refractivity contribution in [2.24, 2.45) is 0 Å². The molecule has 0 spiro atoms. The van der Waals surface area contributed by atoms with Gasteiger partial charge < -0.3 is 19.5 Å². The number of amides is 2. The van der Waals surface area contributed by atoms with Crippen LogP contribution in [0.2, 0.25) is 0 Å². The molecule has 1 aromatic heterocycles. The van der Waals surface area contributed by atoms with Crippen LogP contribution in [0.5, 0.6) is 0 Å².